The van der Waals surface area contributed by atoms with Gasteiger partial charge in [0, 0.05) is 6.42 Å². The zero-order valence-corrected chi connectivity index (χ0v) is 17.3. The van der Waals surface area contributed by atoms with Crippen molar-refractivity contribution in [1.82, 2.24) is 0 Å². The minimum Gasteiger partial charge on any atom is -0.465 e. The van der Waals surface area contributed by atoms with Crippen molar-refractivity contribution < 1.29 is 42.7 Å². The van der Waals surface area contributed by atoms with Crippen LogP contribution in [0.25, 0.3) is 0 Å². The Balaban J connectivity index is 1.82. The maximum atomic E-state index is 12.4. The highest BCUT2D eigenvalue weighted by molar-refractivity contribution is 5.94. The van der Waals surface area contributed by atoms with Gasteiger partial charge in [0.2, 0.25) is 0 Å². The third kappa shape index (κ3) is 4.33. The molecule has 3 rings (SSSR count). The first kappa shape index (κ1) is 21.4. The summed E-state index contributed by atoms with van der Waals surface area (Å²) >= 11 is 0. The topological polar surface area (TPSA) is 98.8 Å². The molecular formula is C19H30O9. The zero-order chi connectivity index (χ0) is 20.7. The Morgan fingerprint density at radius 2 is 1.32 bits per heavy atom. The molecule has 0 aromatic heterocycles. The second-order valence-corrected chi connectivity index (χ2v) is 8.00. The van der Waals surface area contributed by atoms with Gasteiger partial charge in [0.05, 0.1) is 19.3 Å². The minimum absolute atomic E-state index is 0.0330. The van der Waals surface area contributed by atoms with Gasteiger partial charge in [-0.05, 0) is 41.5 Å². The molecule has 0 aromatic carbocycles. The number of rotatable bonds is 6. The van der Waals surface area contributed by atoms with Crippen molar-refractivity contribution in [3.05, 3.63) is 0 Å². The molecule has 3 aliphatic rings. The van der Waals surface area contributed by atoms with E-state index in [9.17, 15) is 9.59 Å². The van der Waals surface area contributed by atoms with E-state index in [0.717, 1.165) is 0 Å². The Morgan fingerprint density at radius 3 is 1.89 bits per heavy atom. The molecule has 9 heteroatoms. The maximum Gasteiger partial charge on any atom is 0.320 e. The van der Waals surface area contributed by atoms with Crippen LogP contribution in [0.1, 0.15) is 48.0 Å². The fraction of sp³-hybridized carbons (Fsp3) is 0.895. The van der Waals surface area contributed by atoms with Crippen LogP contribution in [0.5, 0.6) is 0 Å². The fourth-order valence-corrected chi connectivity index (χ4v) is 3.89. The van der Waals surface area contributed by atoms with Crippen LogP contribution in [0.15, 0.2) is 0 Å². The second kappa shape index (κ2) is 7.87. The van der Waals surface area contributed by atoms with Gasteiger partial charge >= 0.3 is 11.9 Å². The summed E-state index contributed by atoms with van der Waals surface area (Å²) in [6, 6.07) is 0. The van der Waals surface area contributed by atoms with Crippen LogP contribution in [0.3, 0.4) is 0 Å². The first-order valence-corrected chi connectivity index (χ1v) is 9.77. The van der Waals surface area contributed by atoms with E-state index in [-0.39, 0.29) is 19.6 Å². The molecule has 0 bridgehead atoms. The summed E-state index contributed by atoms with van der Waals surface area (Å²) in [7, 11) is 0. The molecule has 5 atom stereocenters. The lowest BCUT2D eigenvalue weighted by Gasteiger charge is -2.38. The molecule has 3 aliphatic heterocycles. The quantitative estimate of drug-likeness (QED) is 0.483. The molecule has 160 valence electrons. The van der Waals surface area contributed by atoms with Gasteiger partial charge in [-0.1, -0.05) is 0 Å². The monoisotopic (exact) mass is 402 g/mol. The summed E-state index contributed by atoms with van der Waals surface area (Å²) in [5, 5.41) is 0. The molecule has 0 N–H and O–H groups in total. The first-order valence-electron chi connectivity index (χ1n) is 9.77. The molecule has 0 aliphatic carbocycles. The Bertz CT molecular complexity index is 584. The van der Waals surface area contributed by atoms with Gasteiger partial charge in [-0.3, -0.25) is 9.59 Å². The average molecular weight is 402 g/mol. The second-order valence-electron chi connectivity index (χ2n) is 8.00. The molecule has 28 heavy (non-hydrogen) atoms. The van der Waals surface area contributed by atoms with Gasteiger partial charge in [0.15, 0.2) is 23.8 Å². The Morgan fingerprint density at radius 1 is 0.821 bits per heavy atom. The van der Waals surface area contributed by atoms with Crippen LogP contribution < -0.4 is 0 Å². The number of esters is 2. The normalized spacial score (nSPS) is 35.3. The van der Waals surface area contributed by atoms with Crippen molar-refractivity contribution >= 4 is 11.9 Å². The molecule has 3 heterocycles. The highest BCUT2D eigenvalue weighted by Gasteiger charge is 2.61. The fourth-order valence-electron chi connectivity index (χ4n) is 3.89. The summed E-state index contributed by atoms with van der Waals surface area (Å²) in [5.74, 6) is -4.11. The summed E-state index contributed by atoms with van der Waals surface area (Å²) in [6.45, 7) is 10.9. The predicted octanol–water partition coefficient (Wildman–Crippen LogP) is 1.52. The first-order chi connectivity index (χ1) is 13.1. The third-order valence-electron chi connectivity index (χ3n) is 4.86. The molecule has 0 unspecified atom stereocenters. The number of hydrogen-bond donors (Lipinski definition) is 0. The van der Waals surface area contributed by atoms with E-state index in [4.69, 9.17) is 33.2 Å². The Labute approximate surface area is 164 Å². The SMILES string of the molecule is CCOC(=O)C(C[C@H]1O[C@@H]2OC(C)(C)O[C@@H]2[C@H]2OC(C)(C)O[C@H]21)C(=O)OCC. The van der Waals surface area contributed by atoms with Crippen LogP contribution in [-0.4, -0.2) is 67.4 Å². The minimum atomic E-state index is -1.12. The van der Waals surface area contributed by atoms with Gasteiger partial charge in [0.1, 0.15) is 18.3 Å². The van der Waals surface area contributed by atoms with Crippen molar-refractivity contribution in [2.45, 2.75) is 90.2 Å². The molecule has 0 spiro atoms. The van der Waals surface area contributed by atoms with Gasteiger partial charge < -0.3 is 33.2 Å². The molecule has 0 amide bonds. The van der Waals surface area contributed by atoms with Gasteiger partial charge in [-0.2, -0.15) is 0 Å². The standard InChI is InChI=1S/C19H30O9/c1-7-22-15(20)10(16(21)23-8-2)9-11-12-13(26-18(3,4)25-12)14-17(24-11)28-19(5,6)27-14/h10-14,17H,7-9H2,1-6H3/t11-,12+,13+,14-,17-/m1/s1. The lowest BCUT2D eigenvalue weighted by Crippen LogP contribution is -2.56. The number of ether oxygens (including phenoxy) is 7. The van der Waals surface area contributed by atoms with Crippen molar-refractivity contribution in [3.8, 4) is 0 Å². The number of fused-ring (bicyclic) bond motifs is 3. The van der Waals surface area contributed by atoms with E-state index in [1.165, 1.54) is 0 Å². The van der Waals surface area contributed by atoms with Crippen LogP contribution >= 0.6 is 0 Å². The molecule has 3 fully saturated rings. The molecule has 0 saturated carbocycles. The van der Waals surface area contributed by atoms with Gasteiger partial charge in [-0.25, -0.2) is 0 Å². The Kier molecular flexibility index (Phi) is 6.03. The van der Waals surface area contributed by atoms with E-state index >= 15 is 0 Å². The average Bonchev–Trinajstić information content (AvgIpc) is 3.07. The van der Waals surface area contributed by atoms with Crippen molar-refractivity contribution in [2.75, 3.05) is 13.2 Å². The van der Waals surface area contributed by atoms with E-state index in [1.807, 2.05) is 0 Å². The summed E-state index contributed by atoms with van der Waals surface area (Å²) in [4.78, 5) is 24.8. The third-order valence-corrected chi connectivity index (χ3v) is 4.86. The van der Waals surface area contributed by atoms with Crippen molar-refractivity contribution in [3.63, 3.8) is 0 Å². The lowest BCUT2D eigenvalue weighted by atomic mass is 9.91. The number of carbonyl (C=O) groups is 2. The predicted molar refractivity (Wildman–Crippen MR) is 93.9 cm³/mol. The van der Waals surface area contributed by atoms with Crippen LogP contribution in [0.4, 0.5) is 0 Å². The Hall–Kier alpha value is -1.26. The number of hydrogen-bond acceptors (Lipinski definition) is 9. The largest absolute Gasteiger partial charge is 0.465 e. The molecule has 3 saturated heterocycles. The van der Waals surface area contributed by atoms with E-state index in [1.54, 1.807) is 41.5 Å². The van der Waals surface area contributed by atoms with E-state index in [0.29, 0.717) is 0 Å². The van der Waals surface area contributed by atoms with E-state index < -0.39 is 60.1 Å². The van der Waals surface area contributed by atoms with Crippen molar-refractivity contribution in [1.29, 1.82) is 0 Å². The summed E-state index contributed by atoms with van der Waals surface area (Å²) < 4.78 is 40.1. The zero-order valence-electron chi connectivity index (χ0n) is 17.3. The smallest absolute Gasteiger partial charge is 0.320 e. The van der Waals surface area contributed by atoms with Crippen molar-refractivity contribution in [2.24, 2.45) is 5.92 Å². The molecule has 0 aromatic rings. The lowest BCUT2D eigenvalue weighted by molar-refractivity contribution is -0.238. The highest BCUT2D eigenvalue weighted by Crippen LogP contribution is 2.45. The summed E-state index contributed by atoms with van der Waals surface area (Å²) in [6.07, 6.45) is -2.74. The molecule has 9 nitrogen and oxygen atoms in total. The highest BCUT2D eigenvalue weighted by atomic mass is 16.9. The van der Waals surface area contributed by atoms with Gasteiger partial charge in [-0.15, -0.1) is 0 Å². The van der Waals surface area contributed by atoms with Crippen LogP contribution in [0, 0.1) is 5.92 Å². The van der Waals surface area contributed by atoms with E-state index in [2.05, 4.69) is 0 Å². The maximum absolute atomic E-state index is 12.4. The summed E-state index contributed by atoms with van der Waals surface area (Å²) in [5.41, 5.74) is 0. The van der Waals surface area contributed by atoms with Gasteiger partial charge in [0.25, 0.3) is 0 Å². The van der Waals surface area contributed by atoms with Crippen LogP contribution in [-0.2, 0) is 42.7 Å². The molecular weight excluding hydrogens is 372 g/mol. The molecule has 0 radical (unpaired) electrons. The number of carbonyl (C=O) groups excluding carboxylic acids is 2. The van der Waals surface area contributed by atoms with Crippen LogP contribution in [0.2, 0.25) is 0 Å².